The largest absolute Gasteiger partial charge is 0.384 e. The molecule has 1 aromatic carbocycles. The van der Waals surface area contributed by atoms with E-state index in [1.165, 1.54) is 30.6 Å². The van der Waals surface area contributed by atoms with Crippen molar-refractivity contribution in [2.45, 2.75) is 0 Å². The Bertz CT molecular complexity index is 738. The molecule has 0 bridgehead atoms. The van der Waals surface area contributed by atoms with Gasteiger partial charge in [-0.25, -0.2) is 4.39 Å². The standard InChI is InChI=1S/C15H10ClFN2O2/c16-13-8-11(3-4-14(13)17)19-15(21)12-5-6-18-9-10(12)2-1-7-20/h3-6,8-9,20H,7H2,(H,19,21). The Morgan fingerprint density at radius 1 is 1.43 bits per heavy atom. The summed E-state index contributed by atoms with van der Waals surface area (Å²) in [6.07, 6.45) is 2.88. The van der Waals surface area contributed by atoms with E-state index in [-0.39, 0.29) is 11.6 Å². The van der Waals surface area contributed by atoms with Crippen LogP contribution in [0.2, 0.25) is 5.02 Å². The third-order valence-corrected chi connectivity index (χ3v) is 2.83. The van der Waals surface area contributed by atoms with Crippen LogP contribution in [0.3, 0.4) is 0 Å². The fourth-order valence-electron chi connectivity index (χ4n) is 1.60. The molecule has 6 heteroatoms. The zero-order valence-electron chi connectivity index (χ0n) is 10.7. The number of pyridine rings is 1. The molecular formula is C15H10ClFN2O2. The maximum absolute atomic E-state index is 13.1. The number of carbonyl (C=O) groups excluding carboxylic acids is 1. The van der Waals surface area contributed by atoms with Crippen molar-refractivity contribution in [3.05, 3.63) is 58.6 Å². The summed E-state index contributed by atoms with van der Waals surface area (Å²) in [6.45, 7) is -0.316. The fraction of sp³-hybridized carbons (Fsp3) is 0.0667. The summed E-state index contributed by atoms with van der Waals surface area (Å²) in [6, 6.07) is 5.38. The third kappa shape index (κ3) is 3.78. The summed E-state index contributed by atoms with van der Waals surface area (Å²) >= 11 is 5.66. The minimum absolute atomic E-state index is 0.0807. The molecule has 0 aliphatic rings. The molecule has 0 spiro atoms. The minimum Gasteiger partial charge on any atom is -0.384 e. The monoisotopic (exact) mass is 304 g/mol. The van der Waals surface area contributed by atoms with Gasteiger partial charge in [0.05, 0.1) is 16.1 Å². The molecule has 0 atom stereocenters. The minimum atomic E-state index is -0.562. The predicted octanol–water partition coefficient (Wildman–Crippen LogP) is 2.47. The van der Waals surface area contributed by atoms with Crippen molar-refractivity contribution in [2.24, 2.45) is 0 Å². The molecule has 1 amide bonds. The molecule has 0 radical (unpaired) electrons. The first-order valence-electron chi connectivity index (χ1n) is 5.92. The topological polar surface area (TPSA) is 62.2 Å². The number of aliphatic hydroxyl groups excluding tert-OH is 1. The maximum Gasteiger partial charge on any atom is 0.257 e. The smallest absolute Gasteiger partial charge is 0.257 e. The highest BCUT2D eigenvalue weighted by molar-refractivity contribution is 6.31. The summed E-state index contributed by atoms with van der Waals surface area (Å²) < 4.78 is 13.1. The van der Waals surface area contributed by atoms with Crippen molar-refractivity contribution >= 4 is 23.2 Å². The summed E-state index contributed by atoms with van der Waals surface area (Å²) in [5.41, 5.74) is 1.05. The van der Waals surface area contributed by atoms with Gasteiger partial charge in [-0.3, -0.25) is 9.78 Å². The first-order chi connectivity index (χ1) is 10.1. The number of anilines is 1. The Kier molecular flexibility index (Phi) is 4.88. The van der Waals surface area contributed by atoms with Gasteiger partial charge in [0, 0.05) is 18.1 Å². The summed E-state index contributed by atoms with van der Waals surface area (Å²) in [5, 5.41) is 11.2. The van der Waals surface area contributed by atoms with Crippen molar-refractivity contribution in [1.29, 1.82) is 0 Å². The highest BCUT2D eigenvalue weighted by Gasteiger charge is 2.11. The number of carbonyl (C=O) groups is 1. The van der Waals surface area contributed by atoms with Crippen molar-refractivity contribution < 1.29 is 14.3 Å². The zero-order chi connectivity index (χ0) is 15.2. The molecule has 0 saturated heterocycles. The van der Waals surface area contributed by atoms with E-state index in [4.69, 9.17) is 16.7 Å². The number of amides is 1. The lowest BCUT2D eigenvalue weighted by molar-refractivity contribution is 0.102. The van der Waals surface area contributed by atoms with Crippen LogP contribution in [0, 0.1) is 17.7 Å². The number of nitrogens with zero attached hydrogens (tertiary/aromatic N) is 1. The van der Waals surface area contributed by atoms with Crippen molar-refractivity contribution in [3.63, 3.8) is 0 Å². The molecule has 21 heavy (non-hydrogen) atoms. The Morgan fingerprint density at radius 2 is 2.24 bits per heavy atom. The Hall–Kier alpha value is -2.42. The molecule has 106 valence electrons. The number of hydrogen-bond acceptors (Lipinski definition) is 3. The molecule has 0 unspecified atom stereocenters. The van der Waals surface area contributed by atoms with Gasteiger partial charge in [0.1, 0.15) is 12.4 Å². The number of nitrogens with one attached hydrogen (secondary N) is 1. The number of benzene rings is 1. The van der Waals surface area contributed by atoms with Crippen molar-refractivity contribution in [1.82, 2.24) is 4.98 Å². The lowest BCUT2D eigenvalue weighted by Gasteiger charge is -2.07. The van der Waals surface area contributed by atoms with Gasteiger partial charge >= 0.3 is 0 Å². The van der Waals surface area contributed by atoms with E-state index in [9.17, 15) is 9.18 Å². The van der Waals surface area contributed by atoms with E-state index in [0.29, 0.717) is 16.8 Å². The first kappa shape index (κ1) is 15.0. The number of aromatic nitrogens is 1. The number of aliphatic hydroxyl groups is 1. The van der Waals surface area contributed by atoms with Crippen LogP contribution in [-0.4, -0.2) is 22.6 Å². The van der Waals surface area contributed by atoms with Crippen LogP contribution in [-0.2, 0) is 0 Å². The molecular weight excluding hydrogens is 295 g/mol. The van der Waals surface area contributed by atoms with Crippen LogP contribution in [0.5, 0.6) is 0 Å². The molecule has 2 N–H and O–H groups in total. The fourth-order valence-corrected chi connectivity index (χ4v) is 1.78. The lowest BCUT2D eigenvalue weighted by Crippen LogP contribution is -2.13. The van der Waals surface area contributed by atoms with Crippen LogP contribution in [0.25, 0.3) is 0 Å². The molecule has 4 nitrogen and oxygen atoms in total. The molecule has 1 aromatic heterocycles. The molecule has 1 heterocycles. The third-order valence-electron chi connectivity index (χ3n) is 2.55. The molecule has 2 rings (SSSR count). The Labute approximate surface area is 125 Å². The van der Waals surface area contributed by atoms with Gasteiger partial charge in [-0.1, -0.05) is 23.4 Å². The SMILES string of the molecule is O=C(Nc1ccc(F)c(Cl)c1)c1ccncc1C#CCO. The first-order valence-corrected chi connectivity index (χ1v) is 6.29. The predicted molar refractivity (Wildman–Crippen MR) is 77.6 cm³/mol. The Morgan fingerprint density at radius 3 is 2.95 bits per heavy atom. The van der Waals surface area contributed by atoms with E-state index >= 15 is 0 Å². The molecule has 0 aliphatic heterocycles. The summed E-state index contributed by atoms with van der Waals surface area (Å²) in [4.78, 5) is 16.1. The molecule has 0 aliphatic carbocycles. The van der Waals surface area contributed by atoms with Gasteiger partial charge in [-0.15, -0.1) is 0 Å². The average Bonchev–Trinajstić information content (AvgIpc) is 2.49. The van der Waals surface area contributed by atoms with Crippen LogP contribution >= 0.6 is 11.6 Å². The van der Waals surface area contributed by atoms with Gasteiger partial charge < -0.3 is 10.4 Å². The Balaban J connectivity index is 2.26. The van der Waals surface area contributed by atoms with E-state index in [1.807, 2.05) is 0 Å². The molecule has 2 aromatic rings. The highest BCUT2D eigenvalue weighted by atomic mass is 35.5. The highest BCUT2D eigenvalue weighted by Crippen LogP contribution is 2.20. The van der Waals surface area contributed by atoms with Crippen molar-refractivity contribution in [2.75, 3.05) is 11.9 Å². The van der Waals surface area contributed by atoms with E-state index in [2.05, 4.69) is 22.1 Å². The second kappa shape index (κ2) is 6.84. The molecule has 0 saturated carbocycles. The lowest BCUT2D eigenvalue weighted by atomic mass is 10.1. The normalized spacial score (nSPS) is 9.67. The maximum atomic E-state index is 13.1. The number of halogens is 2. The van der Waals surface area contributed by atoms with Gasteiger partial charge in [0.15, 0.2) is 0 Å². The van der Waals surface area contributed by atoms with Crippen LogP contribution in [0.4, 0.5) is 10.1 Å². The van der Waals surface area contributed by atoms with E-state index in [1.54, 1.807) is 0 Å². The van der Waals surface area contributed by atoms with Gasteiger partial charge in [-0.2, -0.15) is 0 Å². The second-order valence-electron chi connectivity index (χ2n) is 3.96. The second-order valence-corrected chi connectivity index (χ2v) is 4.37. The van der Waals surface area contributed by atoms with E-state index < -0.39 is 11.7 Å². The summed E-state index contributed by atoms with van der Waals surface area (Å²) in [7, 11) is 0. The summed E-state index contributed by atoms with van der Waals surface area (Å²) in [5.74, 6) is 4.11. The average molecular weight is 305 g/mol. The quantitative estimate of drug-likeness (QED) is 0.838. The van der Waals surface area contributed by atoms with Gasteiger partial charge in [0.2, 0.25) is 0 Å². The molecule has 0 fully saturated rings. The van der Waals surface area contributed by atoms with Crippen molar-refractivity contribution in [3.8, 4) is 11.8 Å². The van der Waals surface area contributed by atoms with Gasteiger partial charge in [-0.05, 0) is 24.3 Å². The van der Waals surface area contributed by atoms with Crippen LogP contribution < -0.4 is 5.32 Å². The number of rotatable bonds is 2. The van der Waals surface area contributed by atoms with Crippen LogP contribution in [0.15, 0.2) is 36.7 Å². The van der Waals surface area contributed by atoms with Gasteiger partial charge in [0.25, 0.3) is 5.91 Å². The van der Waals surface area contributed by atoms with E-state index in [0.717, 1.165) is 6.07 Å². The van der Waals surface area contributed by atoms with Crippen LogP contribution in [0.1, 0.15) is 15.9 Å². The number of hydrogen-bond donors (Lipinski definition) is 2. The zero-order valence-corrected chi connectivity index (χ0v) is 11.5.